The van der Waals surface area contributed by atoms with E-state index in [1.54, 1.807) is 12.4 Å². The molecule has 1 aliphatic heterocycles. The fourth-order valence-electron chi connectivity index (χ4n) is 3.78. The Balaban J connectivity index is 1.44. The molecule has 172 valence electrons. The average Bonchev–Trinajstić information content (AvgIpc) is 3.37. The van der Waals surface area contributed by atoms with Gasteiger partial charge >= 0.3 is 0 Å². The molecule has 0 bridgehead atoms. The zero-order chi connectivity index (χ0) is 23.5. The Hall–Kier alpha value is -3.66. The van der Waals surface area contributed by atoms with E-state index >= 15 is 0 Å². The molecule has 0 aliphatic carbocycles. The molecular weight excluding hydrogens is 427 g/mol. The number of nitrogens with one attached hydrogen (secondary N) is 1. The molecule has 10 heteroatoms. The third-order valence-corrected chi connectivity index (χ3v) is 5.75. The fraction of sp³-hybridized carbons (Fsp3) is 0.348. The minimum atomic E-state index is -1.47. The SMILES string of the molecule is CC(Cc1nncn1C)c1cccc(NC(=O)c2cc(C(=O)N3C[C@H](O)[C@@H](F)C3)ccn2)c1. The van der Waals surface area contributed by atoms with Crippen LogP contribution in [0.25, 0.3) is 0 Å². The van der Waals surface area contributed by atoms with Crippen LogP contribution in [-0.2, 0) is 13.5 Å². The van der Waals surface area contributed by atoms with Gasteiger partial charge in [0.05, 0.1) is 6.54 Å². The van der Waals surface area contributed by atoms with Crippen molar-refractivity contribution in [1.29, 1.82) is 0 Å². The first-order chi connectivity index (χ1) is 15.8. The minimum Gasteiger partial charge on any atom is -0.388 e. The maximum Gasteiger partial charge on any atom is 0.274 e. The predicted molar refractivity (Wildman–Crippen MR) is 119 cm³/mol. The standard InChI is InChI=1S/C23H25FN6O3/c1-14(8-21-28-26-13-29(21)2)15-4-3-5-17(9-15)27-22(32)19-10-16(6-7-25-19)23(33)30-11-18(24)20(31)12-30/h3-7,9-10,13-14,18,20,31H,8,11-12H2,1-2H3,(H,27,32)/t14?,18-,20-/m0/s1. The topological polar surface area (TPSA) is 113 Å². The van der Waals surface area contributed by atoms with Gasteiger partial charge in [-0.05, 0) is 35.7 Å². The Morgan fingerprint density at radius 2 is 2.09 bits per heavy atom. The summed E-state index contributed by atoms with van der Waals surface area (Å²) in [4.78, 5) is 30.7. The van der Waals surface area contributed by atoms with Gasteiger partial charge in [-0.2, -0.15) is 0 Å². The van der Waals surface area contributed by atoms with Gasteiger partial charge in [-0.15, -0.1) is 10.2 Å². The smallest absolute Gasteiger partial charge is 0.274 e. The van der Waals surface area contributed by atoms with E-state index < -0.39 is 24.1 Å². The molecule has 2 N–H and O–H groups in total. The van der Waals surface area contributed by atoms with E-state index in [-0.39, 0.29) is 30.3 Å². The Kier molecular flexibility index (Phi) is 6.45. The number of aryl methyl sites for hydroxylation is 1. The summed E-state index contributed by atoms with van der Waals surface area (Å²) < 4.78 is 15.5. The van der Waals surface area contributed by atoms with Crippen molar-refractivity contribution in [2.45, 2.75) is 31.5 Å². The average molecular weight is 452 g/mol. The number of carbonyl (C=O) groups excluding carboxylic acids is 2. The number of carbonyl (C=O) groups is 2. The van der Waals surface area contributed by atoms with Crippen LogP contribution in [0.1, 0.15) is 45.1 Å². The van der Waals surface area contributed by atoms with Crippen molar-refractivity contribution in [1.82, 2.24) is 24.6 Å². The number of anilines is 1. The quantitative estimate of drug-likeness (QED) is 0.591. The molecule has 3 heterocycles. The number of aromatic nitrogens is 4. The number of alkyl halides is 1. The van der Waals surface area contributed by atoms with Crippen molar-refractivity contribution in [2.75, 3.05) is 18.4 Å². The molecule has 0 radical (unpaired) electrons. The largest absolute Gasteiger partial charge is 0.388 e. The van der Waals surface area contributed by atoms with Crippen molar-refractivity contribution in [3.8, 4) is 0 Å². The van der Waals surface area contributed by atoms with Gasteiger partial charge in [0.25, 0.3) is 11.8 Å². The van der Waals surface area contributed by atoms with E-state index in [0.29, 0.717) is 12.1 Å². The molecule has 2 amide bonds. The number of rotatable bonds is 6. The molecule has 9 nitrogen and oxygen atoms in total. The fourth-order valence-corrected chi connectivity index (χ4v) is 3.78. The predicted octanol–water partition coefficient (Wildman–Crippen LogP) is 1.96. The summed E-state index contributed by atoms with van der Waals surface area (Å²) in [5, 5.41) is 20.4. The molecule has 3 atom stereocenters. The van der Waals surface area contributed by atoms with Gasteiger partial charge in [0.2, 0.25) is 0 Å². The lowest BCUT2D eigenvalue weighted by atomic mass is 9.97. The van der Waals surface area contributed by atoms with Crippen LogP contribution in [0.5, 0.6) is 0 Å². The number of aliphatic hydroxyl groups is 1. The number of hydrogen-bond acceptors (Lipinski definition) is 6. The van der Waals surface area contributed by atoms with E-state index in [4.69, 9.17) is 0 Å². The third-order valence-electron chi connectivity index (χ3n) is 5.75. The summed E-state index contributed by atoms with van der Waals surface area (Å²) in [6, 6.07) is 10.3. The maximum absolute atomic E-state index is 13.6. The van der Waals surface area contributed by atoms with Gasteiger partial charge in [-0.3, -0.25) is 14.6 Å². The summed E-state index contributed by atoms with van der Waals surface area (Å²) in [7, 11) is 1.90. The Bertz CT molecular complexity index is 1160. The number of benzene rings is 1. The second kappa shape index (κ2) is 9.45. The highest BCUT2D eigenvalue weighted by atomic mass is 19.1. The van der Waals surface area contributed by atoms with Crippen LogP contribution in [0.4, 0.5) is 10.1 Å². The molecule has 2 aromatic heterocycles. The molecule has 1 aromatic carbocycles. The van der Waals surface area contributed by atoms with Crippen molar-refractivity contribution >= 4 is 17.5 Å². The zero-order valence-corrected chi connectivity index (χ0v) is 18.3. The number of pyridine rings is 1. The summed E-state index contributed by atoms with van der Waals surface area (Å²) in [5.74, 6) is 0.101. The van der Waals surface area contributed by atoms with Crippen LogP contribution < -0.4 is 5.32 Å². The first kappa shape index (κ1) is 22.5. The lowest BCUT2D eigenvalue weighted by molar-refractivity contribution is 0.0764. The summed E-state index contributed by atoms with van der Waals surface area (Å²) in [6.07, 6.45) is 1.06. The van der Waals surface area contributed by atoms with Gasteiger partial charge in [0, 0.05) is 37.5 Å². The molecule has 1 saturated heterocycles. The van der Waals surface area contributed by atoms with Crippen molar-refractivity contribution in [3.63, 3.8) is 0 Å². The van der Waals surface area contributed by atoms with Crippen LogP contribution in [0, 0.1) is 0 Å². The molecular formula is C23H25FN6O3. The van der Waals surface area contributed by atoms with Gasteiger partial charge in [0.1, 0.15) is 30.1 Å². The van der Waals surface area contributed by atoms with Crippen LogP contribution >= 0.6 is 0 Å². The highest BCUT2D eigenvalue weighted by molar-refractivity contribution is 6.04. The first-order valence-electron chi connectivity index (χ1n) is 10.6. The van der Waals surface area contributed by atoms with Gasteiger partial charge in [0.15, 0.2) is 0 Å². The highest BCUT2D eigenvalue weighted by Crippen LogP contribution is 2.23. The summed E-state index contributed by atoms with van der Waals surface area (Å²) >= 11 is 0. The van der Waals surface area contributed by atoms with E-state index in [1.165, 1.54) is 23.2 Å². The number of nitrogens with zero attached hydrogens (tertiary/aromatic N) is 5. The van der Waals surface area contributed by atoms with Crippen molar-refractivity contribution in [2.24, 2.45) is 7.05 Å². The molecule has 1 fully saturated rings. The maximum atomic E-state index is 13.6. The Morgan fingerprint density at radius 1 is 1.27 bits per heavy atom. The van der Waals surface area contributed by atoms with Crippen LogP contribution in [0.15, 0.2) is 48.9 Å². The second-order valence-electron chi connectivity index (χ2n) is 8.27. The number of aliphatic hydroxyl groups excluding tert-OH is 1. The van der Waals surface area contributed by atoms with E-state index in [1.807, 2.05) is 29.8 Å². The molecule has 3 aromatic rings. The van der Waals surface area contributed by atoms with Gasteiger partial charge in [-0.1, -0.05) is 19.1 Å². The third kappa shape index (κ3) is 5.06. The normalized spacial score (nSPS) is 18.8. The first-order valence-corrected chi connectivity index (χ1v) is 10.6. The molecule has 33 heavy (non-hydrogen) atoms. The van der Waals surface area contributed by atoms with E-state index in [2.05, 4.69) is 27.4 Å². The molecule has 4 rings (SSSR count). The van der Waals surface area contributed by atoms with Crippen LogP contribution in [-0.4, -0.2) is 66.9 Å². The molecule has 1 unspecified atom stereocenters. The number of likely N-dealkylation sites (tertiary alicyclic amines) is 1. The molecule has 0 saturated carbocycles. The minimum absolute atomic E-state index is 0.0648. The highest BCUT2D eigenvalue weighted by Gasteiger charge is 2.34. The number of halogens is 1. The number of β-amino-alcohol motifs (C(OH)–C–C–N with tert-alkyl or cyclic N) is 1. The number of hydrogen-bond donors (Lipinski definition) is 2. The number of amides is 2. The second-order valence-corrected chi connectivity index (χ2v) is 8.27. The van der Waals surface area contributed by atoms with Gasteiger partial charge in [-0.25, -0.2) is 4.39 Å². The Morgan fingerprint density at radius 3 is 2.79 bits per heavy atom. The summed E-state index contributed by atoms with van der Waals surface area (Å²) in [6.45, 7) is 1.82. The zero-order valence-electron chi connectivity index (χ0n) is 18.3. The van der Waals surface area contributed by atoms with E-state index in [0.717, 1.165) is 11.4 Å². The van der Waals surface area contributed by atoms with Crippen molar-refractivity contribution < 1.29 is 19.1 Å². The Labute approximate surface area is 190 Å². The van der Waals surface area contributed by atoms with Crippen molar-refractivity contribution in [3.05, 3.63) is 71.6 Å². The van der Waals surface area contributed by atoms with E-state index in [9.17, 15) is 19.1 Å². The van der Waals surface area contributed by atoms with Crippen LogP contribution in [0.3, 0.4) is 0 Å². The summed E-state index contributed by atoms with van der Waals surface area (Å²) in [5.41, 5.74) is 1.90. The monoisotopic (exact) mass is 452 g/mol. The lowest BCUT2D eigenvalue weighted by Gasteiger charge is -2.15. The molecule has 1 aliphatic rings. The van der Waals surface area contributed by atoms with Crippen LogP contribution in [0.2, 0.25) is 0 Å². The molecule has 0 spiro atoms. The van der Waals surface area contributed by atoms with Gasteiger partial charge < -0.3 is 19.9 Å². The lowest BCUT2D eigenvalue weighted by Crippen LogP contribution is -2.30.